The molecule has 0 N–H and O–H groups in total. The van der Waals surface area contributed by atoms with E-state index in [1.54, 1.807) is 0 Å². The molecular weight excluding hydrogens is 440 g/mol. The molecule has 8 nitrogen and oxygen atoms in total. The molecule has 3 saturated heterocycles. The highest BCUT2D eigenvalue weighted by Crippen LogP contribution is 2.63. The van der Waals surface area contributed by atoms with Crippen LogP contribution < -0.4 is 4.90 Å². The summed E-state index contributed by atoms with van der Waals surface area (Å²) >= 11 is 0. The molecule has 1 aliphatic carbocycles. The normalized spacial score (nSPS) is 27.1. The van der Waals surface area contributed by atoms with Gasteiger partial charge in [0.05, 0.1) is 24.4 Å². The fourth-order valence-corrected chi connectivity index (χ4v) is 6.02. The molecule has 1 saturated carbocycles. The van der Waals surface area contributed by atoms with E-state index in [0.717, 1.165) is 43.0 Å². The van der Waals surface area contributed by atoms with Crippen LogP contribution in [0, 0.1) is 19.8 Å². The van der Waals surface area contributed by atoms with Gasteiger partial charge in [-0.1, -0.05) is 44.2 Å². The third-order valence-corrected chi connectivity index (χ3v) is 7.71. The van der Waals surface area contributed by atoms with E-state index in [2.05, 4.69) is 64.6 Å². The van der Waals surface area contributed by atoms with E-state index in [-0.39, 0.29) is 5.92 Å². The maximum Gasteiger partial charge on any atom is 0.223 e. The Balaban J connectivity index is 0.00000112. The maximum atomic E-state index is 6.26. The smallest absolute Gasteiger partial charge is 0.223 e. The van der Waals surface area contributed by atoms with Crippen LogP contribution in [0.15, 0.2) is 47.0 Å². The maximum absolute atomic E-state index is 6.26. The molecule has 8 heteroatoms. The molecule has 4 aliphatic rings. The molecule has 3 unspecified atom stereocenters. The number of hydrogen-bond donors (Lipinski definition) is 0. The summed E-state index contributed by atoms with van der Waals surface area (Å²) < 4.78 is 14.0. The van der Waals surface area contributed by atoms with Crippen molar-refractivity contribution >= 4 is 11.3 Å². The summed E-state index contributed by atoms with van der Waals surface area (Å²) in [4.78, 5) is 7.39. The molecule has 0 radical (unpaired) electrons. The van der Waals surface area contributed by atoms with Crippen molar-refractivity contribution in [3.8, 4) is 0 Å². The summed E-state index contributed by atoms with van der Waals surface area (Å²) in [6, 6.07) is 13.0. The van der Waals surface area contributed by atoms with Crippen LogP contribution in [0.5, 0.6) is 0 Å². The summed E-state index contributed by atoms with van der Waals surface area (Å²) in [7, 11) is 0. The fourth-order valence-electron chi connectivity index (χ4n) is 6.02. The number of benzene rings is 1. The van der Waals surface area contributed by atoms with Crippen LogP contribution in [0.1, 0.15) is 67.3 Å². The number of rotatable bonds is 4. The topological polar surface area (TPSA) is 81.6 Å². The first kappa shape index (κ1) is 22.2. The van der Waals surface area contributed by atoms with E-state index in [9.17, 15) is 0 Å². The number of ether oxygens (including phenoxy) is 1. The summed E-state index contributed by atoms with van der Waals surface area (Å²) in [5.41, 5.74) is 4.04. The van der Waals surface area contributed by atoms with Crippen LogP contribution in [0.4, 0.5) is 5.69 Å². The van der Waals surface area contributed by atoms with E-state index in [1.165, 1.54) is 11.3 Å². The van der Waals surface area contributed by atoms with Gasteiger partial charge < -0.3 is 14.1 Å². The fraction of sp³-hybridized carbons (Fsp3) is 0.481. The van der Waals surface area contributed by atoms with Crippen molar-refractivity contribution in [1.82, 2.24) is 24.8 Å². The van der Waals surface area contributed by atoms with Gasteiger partial charge in [-0.2, -0.15) is 0 Å². The predicted molar refractivity (Wildman–Crippen MR) is 133 cm³/mol. The Bertz CT molecular complexity index is 1340. The van der Waals surface area contributed by atoms with Gasteiger partial charge in [-0.3, -0.25) is 0 Å². The summed E-state index contributed by atoms with van der Waals surface area (Å²) in [6.07, 6.45) is 4.17. The Labute approximate surface area is 205 Å². The highest BCUT2D eigenvalue weighted by molar-refractivity contribution is 5.58. The molecule has 4 aromatic rings. The third-order valence-electron chi connectivity index (χ3n) is 7.71. The van der Waals surface area contributed by atoms with E-state index in [4.69, 9.17) is 19.2 Å². The lowest BCUT2D eigenvalue weighted by atomic mass is 9.63. The van der Waals surface area contributed by atoms with Gasteiger partial charge in [0.25, 0.3) is 0 Å². The molecule has 182 valence electrons. The number of pyridine rings is 1. The van der Waals surface area contributed by atoms with Crippen LogP contribution >= 0.6 is 0 Å². The van der Waals surface area contributed by atoms with Crippen molar-refractivity contribution in [2.24, 2.45) is 5.92 Å². The van der Waals surface area contributed by atoms with Crippen LogP contribution in [-0.2, 0) is 10.3 Å². The molecule has 0 amide bonds. The highest BCUT2D eigenvalue weighted by atomic mass is 16.5. The lowest BCUT2D eigenvalue weighted by Crippen LogP contribution is -2.44. The monoisotopic (exact) mass is 472 g/mol. The second-order valence-electron chi connectivity index (χ2n) is 9.73. The summed E-state index contributed by atoms with van der Waals surface area (Å²) in [5, 5.41) is 13.2. The Morgan fingerprint density at radius 1 is 1.09 bits per heavy atom. The molecule has 6 heterocycles. The first-order chi connectivity index (χ1) is 17.1. The Morgan fingerprint density at radius 3 is 2.66 bits per heavy atom. The number of fused-ring (bicyclic) bond motifs is 2. The Hall–Kier alpha value is -3.26. The zero-order valence-electron chi connectivity index (χ0n) is 20.8. The van der Waals surface area contributed by atoms with Gasteiger partial charge in [0, 0.05) is 31.8 Å². The number of nitrogens with zero attached hydrogens (tertiary/aromatic N) is 6. The van der Waals surface area contributed by atoms with Crippen LogP contribution in [0.3, 0.4) is 0 Å². The van der Waals surface area contributed by atoms with Crippen molar-refractivity contribution < 1.29 is 9.15 Å². The van der Waals surface area contributed by atoms with E-state index >= 15 is 0 Å². The van der Waals surface area contributed by atoms with E-state index in [1.807, 2.05) is 25.3 Å². The van der Waals surface area contributed by atoms with Crippen molar-refractivity contribution in [3.63, 3.8) is 0 Å². The summed E-state index contributed by atoms with van der Waals surface area (Å²) in [6.45, 7) is 10.7. The van der Waals surface area contributed by atoms with E-state index in [0.29, 0.717) is 30.2 Å². The number of hydrogen-bond acceptors (Lipinski definition) is 7. The zero-order chi connectivity index (χ0) is 24.2. The number of aryl methyl sites for hydroxylation is 2. The second-order valence-corrected chi connectivity index (χ2v) is 9.73. The quantitative estimate of drug-likeness (QED) is 0.423. The van der Waals surface area contributed by atoms with Crippen molar-refractivity contribution in [2.75, 3.05) is 24.6 Å². The van der Waals surface area contributed by atoms with Gasteiger partial charge in [-0.25, -0.2) is 9.50 Å². The number of aromatic nitrogens is 5. The molecule has 3 aromatic heterocycles. The van der Waals surface area contributed by atoms with Gasteiger partial charge in [-0.05, 0) is 37.0 Å². The number of anilines is 1. The van der Waals surface area contributed by atoms with Gasteiger partial charge in [0.1, 0.15) is 5.60 Å². The van der Waals surface area contributed by atoms with E-state index < -0.39 is 5.60 Å². The SMILES string of the molecule is CC.Cc1nnc(C2C3COC2(c2nc4c(C)cc(N5CC[C@H](c6ccccc6)C5)cn4n2)C3)o1. The van der Waals surface area contributed by atoms with Crippen LogP contribution in [-0.4, -0.2) is 44.5 Å². The largest absolute Gasteiger partial charge is 0.425 e. The molecular formula is C27H32N6O2. The Morgan fingerprint density at radius 2 is 1.91 bits per heavy atom. The third kappa shape index (κ3) is 3.45. The lowest BCUT2D eigenvalue weighted by Gasteiger charge is -2.40. The van der Waals surface area contributed by atoms with Gasteiger partial charge in [0.15, 0.2) is 11.5 Å². The molecule has 4 fully saturated rings. The minimum Gasteiger partial charge on any atom is -0.425 e. The Kier molecular flexibility index (Phi) is 5.36. The minimum absolute atomic E-state index is 0.0288. The van der Waals surface area contributed by atoms with Crippen LogP contribution in [0.25, 0.3) is 5.65 Å². The van der Waals surface area contributed by atoms with Crippen molar-refractivity contribution in [1.29, 1.82) is 0 Å². The predicted octanol–water partition coefficient (Wildman–Crippen LogP) is 4.78. The van der Waals surface area contributed by atoms with Crippen molar-refractivity contribution in [2.45, 2.75) is 58.0 Å². The van der Waals surface area contributed by atoms with Gasteiger partial charge in [-0.15, -0.1) is 15.3 Å². The molecule has 1 aromatic carbocycles. The van der Waals surface area contributed by atoms with Gasteiger partial charge >= 0.3 is 0 Å². The zero-order valence-corrected chi connectivity index (χ0v) is 20.8. The first-order valence-electron chi connectivity index (χ1n) is 12.7. The standard InChI is InChI=1S/C25H26N6O2.C2H6/c1-15-10-20(30-9-8-18(12-30)17-6-4-3-5-7-17)13-31-22(15)26-24(29-31)25-11-19(14-32-25)21(25)23-28-27-16(2)33-23;1-2/h3-7,10,13,18-19,21H,8-9,11-12,14H2,1-2H3;1-2H3/t18-,19?,21?,25?;/m0./s1. The molecule has 2 bridgehead atoms. The summed E-state index contributed by atoms with van der Waals surface area (Å²) in [5.74, 6) is 2.91. The molecule has 4 atom stereocenters. The molecule has 35 heavy (non-hydrogen) atoms. The average molecular weight is 473 g/mol. The highest BCUT2D eigenvalue weighted by Gasteiger charge is 2.66. The molecule has 8 rings (SSSR count). The van der Waals surface area contributed by atoms with Crippen molar-refractivity contribution in [3.05, 3.63) is 71.3 Å². The van der Waals surface area contributed by atoms with Gasteiger partial charge in [0.2, 0.25) is 11.8 Å². The minimum atomic E-state index is -0.561. The first-order valence-corrected chi connectivity index (χ1v) is 12.7. The second kappa shape index (κ2) is 8.45. The molecule has 0 spiro atoms. The molecule has 3 aliphatic heterocycles. The average Bonchev–Trinajstić information content (AvgIpc) is 3.68. The van der Waals surface area contributed by atoms with Crippen LogP contribution in [0.2, 0.25) is 0 Å². The lowest BCUT2D eigenvalue weighted by molar-refractivity contribution is -0.0399.